The summed E-state index contributed by atoms with van der Waals surface area (Å²) in [6.45, 7) is 1.65. The lowest BCUT2D eigenvalue weighted by molar-refractivity contribution is -0.119. The Labute approximate surface area is 156 Å². The molecule has 7 nitrogen and oxygen atoms in total. The number of nitrogens with one attached hydrogen (secondary N) is 1. The fraction of sp³-hybridized carbons (Fsp3) is 0.267. The molecule has 0 aliphatic rings. The van der Waals surface area contributed by atoms with Crippen molar-refractivity contribution in [2.45, 2.75) is 20.9 Å². The highest BCUT2D eigenvalue weighted by molar-refractivity contribution is 8.04. The minimum absolute atomic E-state index is 0.0147. The molecule has 2 amide bonds. The Balaban J connectivity index is 1.84. The maximum atomic E-state index is 12.1. The third-order valence-electron chi connectivity index (χ3n) is 2.87. The minimum Gasteiger partial charge on any atom is -0.453 e. The first-order valence-electron chi connectivity index (χ1n) is 7.09. The molecule has 1 aromatic carbocycles. The average Bonchev–Trinajstić information content (AvgIpc) is 3.07. The lowest BCUT2D eigenvalue weighted by Gasteiger charge is -2.07. The lowest BCUT2D eigenvalue weighted by atomic mass is 10.2. The number of amides is 2. The van der Waals surface area contributed by atoms with Crippen molar-refractivity contribution in [2.75, 3.05) is 12.9 Å². The first kappa shape index (κ1) is 19.4. The van der Waals surface area contributed by atoms with Crippen LogP contribution in [-0.4, -0.2) is 46.1 Å². The molecule has 0 radical (unpaired) electrons. The number of alkyl carbamates (subject to hydrolysis) is 1. The van der Waals surface area contributed by atoms with Gasteiger partial charge in [-0.05, 0) is 6.92 Å². The number of carbonyl (C=O) groups excluding carboxylic acids is 3. The Morgan fingerprint density at radius 3 is 2.56 bits per heavy atom. The highest BCUT2D eigenvalue weighted by Gasteiger charge is 2.19. The van der Waals surface area contributed by atoms with Gasteiger partial charge in [-0.2, -0.15) is 0 Å². The van der Waals surface area contributed by atoms with Gasteiger partial charge in [0.15, 0.2) is 14.5 Å². The summed E-state index contributed by atoms with van der Waals surface area (Å²) in [4.78, 5) is 34.9. The van der Waals surface area contributed by atoms with Gasteiger partial charge < -0.3 is 4.74 Å². The maximum absolute atomic E-state index is 12.1. The fourth-order valence-corrected chi connectivity index (χ4v) is 4.65. The molecular weight excluding hydrogens is 382 g/mol. The van der Waals surface area contributed by atoms with Crippen LogP contribution in [0.1, 0.15) is 17.3 Å². The van der Waals surface area contributed by atoms with Crippen LogP contribution in [0.25, 0.3) is 0 Å². The molecule has 0 saturated heterocycles. The molecule has 132 valence electrons. The molecule has 0 spiro atoms. The fourth-order valence-electron chi connectivity index (χ4n) is 1.60. The summed E-state index contributed by atoms with van der Waals surface area (Å²) in [5, 5.41) is 9.57. The number of thioether (sulfide) groups is 2. The second kappa shape index (κ2) is 9.54. The second-order valence-electron chi connectivity index (χ2n) is 4.65. The first-order valence-corrected chi connectivity index (χ1v) is 9.77. The van der Waals surface area contributed by atoms with Crippen molar-refractivity contribution in [3.63, 3.8) is 0 Å². The maximum Gasteiger partial charge on any atom is 0.413 e. The van der Waals surface area contributed by atoms with E-state index in [1.807, 2.05) is 18.2 Å². The van der Waals surface area contributed by atoms with E-state index in [-0.39, 0.29) is 11.5 Å². The lowest BCUT2D eigenvalue weighted by Crippen LogP contribution is -2.35. The molecule has 25 heavy (non-hydrogen) atoms. The van der Waals surface area contributed by atoms with E-state index < -0.39 is 17.3 Å². The summed E-state index contributed by atoms with van der Waals surface area (Å²) in [5.41, 5.74) is 0.655. The quantitative estimate of drug-likeness (QED) is 0.562. The van der Waals surface area contributed by atoms with E-state index in [4.69, 9.17) is 0 Å². The van der Waals surface area contributed by atoms with E-state index in [0.717, 1.165) is 0 Å². The van der Waals surface area contributed by atoms with Gasteiger partial charge >= 0.3 is 6.09 Å². The molecule has 2 aromatic rings. The van der Waals surface area contributed by atoms with Gasteiger partial charge in [0.2, 0.25) is 5.91 Å². The molecule has 0 unspecified atom stereocenters. The third kappa shape index (κ3) is 6.15. The number of ether oxygens (including phenoxy) is 1. The van der Waals surface area contributed by atoms with E-state index in [0.29, 0.717) is 14.2 Å². The number of carbonyl (C=O) groups is 3. The van der Waals surface area contributed by atoms with Gasteiger partial charge in [-0.1, -0.05) is 65.2 Å². The molecule has 1 heterocycles. The largest absolute Gasteiger partial charge is 0.453 e. The molecule has 10 heteroatoms. The van der Waals surface area contributed by atoms with E-state index in [1.165, 1.54) is 42.0 Å². The monoisotopic (exact) mass is 397 g/mol. The topological polar surface area (TPSA) is 98.2 Å². The summed E-state index contributed by atoms with van der Waals surface area (Å²) >= 11 is 3.78. The number of Topliss-reactive ketones (excluding diaryl/α,β-unsaturated/α-hetero) is 1. The van der Waals surface area contributed by atoms with Crippen molar-refractivity contribution in [3.05, 3.63) is 35.9 Å². The van der Waals surface area contributed by atoms with Crippen LogP contribution in [0.4, 0.5) is 4.79 Å². The summed E-state index contributed by atoms with van der Waals surface area (Å²) in [6, 6.07) is 9.03. The number of imide groups is 1. The van der Waals surface area contributed by atoms with Crippen LogP contribution in [0.2, 0.25) is 0 Å². The highest BCUT2D eigenvalue weighted by Crippen LogP contribution is 2.31. The zero-order valence-corrected chi connectivity index (χ0v) is 15.9. The van der Waals surface area contributed by atoms with Crippen LogP contribution in [0.15, 0.2) is 39.0 Å². The van der Waals surface area contributed by atoms with Gasteiger partial charge in [0.05, 0.1) is 18.1 Å². The molecule has 0 bridgehead atoms. The first-order chi connectivity index (χ1) is 12.0. The van der Waals surface area contributed by atoms with Crippen LogP contribution in [0, 0.1) is 0 Å². The van der Waals surface area contributed by atoms with Gasteiger partial charge in [0.1, 0.15) is 0 Å². The summed E-state index contributed by atoms with van der Waals surface area (Å²) in [5.74, 6) is -0.192. The van der Waals surface area contributed by atoms with E-state index in [2.05, 4.69) is 20.3 Å². The Hall–Kier alpha value is -1.91. The number of hydrogen-bond acceptors (Lipinski definition) is 9. The smallest absolute Gasteiger partial charge is 0.413 e. The van der Waals surface area contributed by atoms with Crippen LogP contribution < -0.4 is 5.32 Å². The van der Waals surface area contributed by atoms with Gasteiger partial charge in [0, 0.05) is 5.56 Å². The predicted octanol–water partition coefficient (Wildman–Crippen LogP) is 2.88. The number of ketones is 1. The molecule has 0 aliphatic carbocycles. The molecule has 1 atom stereocenters. The zero-order valence-electron chi connectivity index (χ0n) is 13.4. The molecular formula is C15H15N3O4S3. The molecule has 0 saturated carbocycles. The van der Waals surface area contributed by atoms with Crippen LogP contribution in [-0.2, 0) is 9.53 Å². The van der Waals surface area contributed by atoms with Crippen molar-refractivity contribution in [1.29, 1.82) is 0 Å². The average molecular weight is 398 g/mol. The Bertz CT molecular complexity index is 751. The van der Waals surface area contributed by atoms with Crippen molar-refractivity contribution >= 4 is 52.6 Å². The van der Waals surface area contributed by atoms with Crippen LogP contribution in [0.3, 0.4) is 0 Å². The zero-order chi connectivity index (χ0) is 18.2. The van der Waals surface area contributed by atoms with Crippen molar-refractivity contribution < 1.29 is 19.1 Å². The van der Waals surface area contributed by atoms with E-state index in [1.54, 1.807) is 19.1 Å². The molecule has 1 aromatic heterocycles. The molecule has 2 rings (SSSR count). The molecule has 0 aliphatic heterocycles. The number of rotatable bonds is 7. The van der Waals surface area contributed by atoms with Gasteiger partial charge in [-0.15, -0.1) is 10.2 Å². The Morgan fingerprint density at radius 2 is 1.88 bits per heavy atom. The second-order valence-corrected chi connectivity index (χ2v) is 8.44. The SMILES string of the molecule is COC(=O)NC(=O)[C@@H](C)Sc1nnc(SCC(=O)c2ccccc2)s1. The minimum atomic E-state index is -0.801. The highest BCUT2D eigenvalue weighted by atomic mass is 32.2. The number of nitrogens with zero attached hydrogens (tertiary/aromatic N) is 2. The molecule has 1 N–H and O–H groups in total. The molecule has 0 fully saturated rings. The Kier molecular flexibility index (Phi) is 7.41. The summed E-state index contributed by atoms with van der Waals surface area (Å²) in [6.07, 6.45) is -0.801. The van der Waals surface area contributed by atoms with E-state index in [9.17, 15) is 14.4 Å². The van der Waals surface area contributed by atoms with Gasteiger partial charge in [-0.25, -0.2) is 4.79 Å². The predicted molar refractivity (Wildman–Crippen MR) is 97.3 cm³/mol. The number of benzene rings is 1. The standard InChI is InChI=1S/C15H15N3O4S3/c1-9(12(20)16-13(21)22-2)24-15-18-17-14(25-15)23-8-11(19)10-6-4-3-5-7-10/h3-7,9H,8H2,1-2H3,(H,16,20,21)/t9-/m1/s1. The normalized spacial score (nSPS) is 11.6. The third-order valence-corrected chi connectivity index (χ3v) is 6.11. The van der Waals surface area contributed by atoms with Crippen molar-refractivity contribution in [2.24, 2.45) is 0 Å². The van der Waals surface area contributed by atoms with E-state index >= 15 is 0 Å². The van der Waals surface area contributed by atoms with Crippen LogP contribution >= 0.6 is 34.9 Å². The summed E-state index contributed by atoms with van der Waals surface area (Å²) in [7, 11) is 1.19. The van der Waals surface area contributed by atoms with Crippen molar-refractivity contribution in [3.8, 4) is 0 Å². The number of methoxy groups -OCH3 is 1. The number of hydrogen-bond donors (Lipinski definition) is 1. The van der Waals surface area contributed by atoms with Crippen molar-refractivity contribution in [1.82, 2.24) is 15.5 Å². The van der Waals surface area contributed by atoms with Crippen LogP contribution in [0.5, 0.6) is 0 Å². The number of aromatic nitrogens is 2. The summed E-state index contributed by atoms with van der Waals surface area (Å²) < 4.78 is 5.61. The van der Waals surface area contributed by atoms with Gasteiger partial charge in [0.25, 0.3) is 0 Å². The van der Waals surface area contributed by atoms with Gasteiger partial charge in [-0.3, -0.25) is 14.9 Å². The Morgan fingerprint density at radius 1 is 1.20 bits per heavy atom.